The number of benzene rings is 2. The molecule has 5 N–H and O–H groups in total. The number of carboxylic acid groups (broad SMARTS) is 3. The van der Waals surface area contributed by atoms with Gasteiger partial charge in [0.05, 0.1) is 16.6 Å². The first kappa shape index (κ1) is 49.3. The Morgan fingerprint density at radius 2 is 1.33 bits per heavy atom. The first-order valence-corrected chi connectivity index (χ1v) is 17.2. The van der Waals surface area contributed by atoms with Crippen LogP contribution in [-0.2, 0) is 14.4 Å². The summed E-state index contributed by atoms with van der Waals surface area (Å²) < 4.78 is 138. The average Bonchev–Trinajstić information content (AvgIpc) is 3.52. The van der Waals surface area contributed by atoms with E-state index in [4.69, 9.17) is 29.7 Å². The number of aromatic amines is 1. The van der Waals surface area contributed by atoms with Gasteiger partial charge in [-0.15, -0.1) is 13.2 Å². The highest BCUT2D eigenvalue weighted by Gasteiger charge is 2.40. The van der Waals surface area contributed by atoms with Gasteiger partial charge in [-0.3, -0.25) is 4.90 Å². The van der Waals surface area contributed by atoms with Crippen LogP contribution in [-0.4, -0.2) is 105 Å². The lowest BCUT2D eigenvalue weighted by atomic mass is 9.80. The molecule has 2 aliphatic rings. The third-order valence-corrected chi connectivity index (χ3v) is 8.65. The summed E-state index contributed by atoms with van der Waals surface area (Å²) in [6.07, 6.45) is -14.1. The highest BCUT2D eigenvalue weighted by atomic mass is 19.4. The number of halogens is 12. The van der Waals surface area contributed by atoms with Gasteiger partial charge in [0.15, 0.2) is 0 Å². The number of nitrogens with zero attached hydrogens (tertiary/aromatic N) is 2. The predicted molar refractivity (Wildman–Crippen MR) is 182 cm³/mol. The summed E-state index contributed by atoms with van der Waals surface area (Å²) in [5, 5.41) is 24.9. The molecule has 11 nitrogen and oxygen atoms in total. The number of carboxylic acids is 3. The second kappa shape index (κ2) is 20.3. The predicted octanol–water partition coefficient (Wildman–Crippen LogP) is 8.68. The Kier molecular flexibility index (Phi) is 17.2. The third kappa shape index (κ3) is 15.9. The second-order valence-electron chi connectivity index (χ2n) is 13.5. The molecule has 3 heterocycles. The van der Waals surface area contributed by atoms with Crippen LogP contribution in [0, 0.1) is 12.8 Å². The van der Waals surface area contributed by atoms with E-state index in [1.807, 2.05) is 6.92 Å². The van der Waals surface area contributed by atoms with E-state index in [9.17, 15) is 52.7 Å². The van der Waals surface area contributed by atoms with Crippen LogP contribution in [0.5, 0.6) is 5.75 Å². The number of aryl methyl sites for hydroxylation is 1. The minimum atomic E-state index is -5.08. The number of ether oxygens (including phenoxy) is 1. The largest absolute Gasteiger partial charge is 0.573 e. The van der Waals surface area contributed by atoms with E-state index in [-0.39, 0.29) is 5.75 Å². The molecule has 1 unspecified atom stereocenters. The summed E-state index contributed by atoms with van der Waals surface area (Å²) in [5.41, 5.74) is 4.26. The van der Waals surface area contributed by atoms with Crippen LogP contribution in [0.4, 0.5) is 52.7 Å². The van der Waals surface area contributed by atoms with Gasteiger partial charge in [0, 0.05) is 12.1 Å². The fraction of sp³-hybridized carbons (Fsp3) is 0.543. The van der Waals surface area contributed by atoms with Gasteiger partial charge in [-0.05, 0) is 99.8 Å². The van der Waals surface area contributed by atoms with Crippen LogP contribution >= 0.6 is 0 Å². The quantitative estimate of drug-likeness (QED) is 0.152. The molecule has 0 saturated carbocycles. The maximum Gasteiger partial charge on any atom is 0.573 e. The number of para-hydroxylation sites is 1. The molecule has 0 spiro atoms. The van der Waals surface area contributed by atoms with Crippen molar-refractivity contribution < 1.29 is 87.1 Å². The summed E-state index contributed by atoms with van der Waals surface area (Å²) in [4.78, 5) is 37.4. The van der Waals surface area contributed by atoms with E-state index in [1.54, 1.807) is 12.1 Å². The minimum absolute atomic E-state index is 0.256. The smallest absolute Gasteiger partial charge is 0.475 e. The summed E-state index contributed by atoms with van der Waals surface area (Å²) in [5.74, 6) is -7.04. The van der Waals surface area contributed by atoms with Gasteiger partial charge in [0.1, 0.15) is 11.6 Å². The lowest BCUT2D eigenvalue weighted by Gasteiger charge is -2.46. The Hall–Kier alpha value is -4.80. The molecule has 1 aromatic heterocycles. The molecule has 58 heavy (non-hydrogen) atoms. The average molecular weight is 857 g/mol. The first-order valence-electron chi connectivity index (χ1n) is 17.2. The molecule has 23 heteroatoms. The van der Waals surface area contributed by atoms with Crippen molar-refractivity contribution in [2.45, 2.75) is 95.8 Å². The number of fused-ring (bicyclic) bond motifs is 1. The van der Waals surface area contributed by atoms with Crippen molar-refractivity contribution in [3.8, 4) is 17.1 Å². The molecule has 0 bridgehead atoms. The molecule has 2 aromatic carbocycles. The van der Waals surface area contributed by atoms with E-state index >= 15 is 0 Å². The number of piperidine rings is 2. The van der Waals surface area contributed by atoms with Crippen LogP contribution in [0.25, 0.3) is 22.4 Å². The Morgan fingerprint density at radius 3 is 1.79 bits per heavy atom. The van der Waals surface area contributed by atoms with Crippen LogP contribution < -0.4 is 10.1 Å². The molecule has 0 amide bonds. The lowest BCUT2D eigenvalue weighted by molar-refractivity contribution is -0.274. The molecule has 0 aliphatic carbocycles. The number of rotatable bonds is 6. The Balaban J connectivity index is 0.000000453. The number of alkyl halides is 12. The van der Waals surface area contributed by atoms with Crippen LogP contribution in [0.2, 0.25) is 0 Å². The van der Waals surface area contributed by atoms with Crippen LogP contribution in [0.1, 0.15) is 63.0 Å². The number of imidazole rings is 1. The highest BCUT2D eigenvalue weighted by Crippen LogP contribution is 2.39. The van der Waals surface area contributed by atoms with Crippen molar-refractivity contribution in [3.63, 3.8) is 0 Å². The maximum atomic E-state index is 13.0. The number of nitrogens with one attached hydrogen (secondary N) is 2. The zero-order valence-electron chi connectivity index (χ0n) is 30.8. The number of H-pyrrole nitrogens is 1. The summed E-state index contributed by atoms with van der Waals surface area (Å²) >= 11 is 0. The van der Waals surface area contributed by atoms with E-state index in [2.05, 4.69) is 50.9 Å². The SMILES string of the molecule is Cc1cc(C2CCN(C3CCNCC3)[C@H](CC(C)C)C2)cc2[nH]c(-c3ccccc3OC(F)(F)F)nc12.O=C(O)C(F)(F)F.O=C(O)C(F)(F)F.O=C(O)C(F)(F)F. The molecule has 3 aromatic rings. The highest BCUT2D eigenvalue weighted by molar-refractivity contribution is 5.84. The van der Waals surface area contributed by atoms with Crippen molar-refractivity contribution in [3.05, 3.63) is 47.5 Å². The number of hydrogen-bond donors (Lipinski definition) is 5. The molecule has 326 valence electrons. The van der Waals surface area contributed by atoms with Crippen LogP contribution in [0.3, 0.4) is 0 Å². The molecule has 2 fully saturated rings. The van der Waals surface area contributed by atoms with Crippen molar-refractivity contribution in [1.29, 1.82) is 0 Å². The molecule has 2 saturated heterocycles. The van der Waals surface area contributed by atoms with E-state index in [1.165, 1.54) is 37.0 Å². The third-order valence-electron chi connectivity index (χ3n) is 8.65. The topological polar surface area (TPSA) is 165 Å². The van der Waals surface area contributed by atoms with E-state index in [0.717, 1.165) is 49.1 Å². The zero-order valence-corrected chi connectivity index (χ0v) is 30.8. The Bertz CT molecular complexity index is 1760. The van der Waals surface area contributed by atoms with E-state index in [0.29, 0.717) is 35.3 Å². The number of carbonyl (C=O) groups is 3. The second-order valence-corrected chi connectivity index (χ2v) is 13.5. The van der Waals surface area contributed by atoms with Gasteiger partial charge in [0.2, 0.25) is 0 Å². The molecule has 2 atom stereocenters. The summed E-state index contributed by atoms with van der Waals surface area (Å²) in [6, 6.07) is 11.8. The summed E-state index contributed by atoms with van der Waals surface area (Å²) in [6.45, 7) is 9.98. The van der Waals surface area contributed by atoms with Gasteiger partial charge < -0.3 is 30.4 Å². The fourth-order valence-electron chi connectivity index (χ4n) is 6.32. The number of aromatic nitrogens is 2. The first-order chi connectivity index (χ1) is 26.5. The van der Waals surface area contributed by atoms with Crippen molar-refractivity contribution >= 4 is 28.9 Å². The van der Waals surface area contributed by atoms with Crippen molar-refractivity contribution in [1.82, 2.24) is 20.2 Å². The maximum absolute atomic E-state index is 13.0. The normalized spacial score (nSPS) is 18.2. The molecular weight excluding hydrogens is 816 g/mol. The van der Waals surface area contributed by atoms with Gasteiger partial charge in [-0.2, -0.15) is 39.5 Å². The Labute approximate surface area is 322 Å². The van der Waals surface area contributed by atoms with Crippen molar-refractivity contribution in [2.75, 3.05) is 19.6 Å². The number of likely N-dealkylation sites (tertiary alicyclic amines) is 1. The standard InChI is InChI=1S/C29H37F3N4O.3C2HF3O2/c1-18(2)14-23-16-20(10-13-36(23)22-8-11-33-12-9-22)21-15-19(3)27-25(17-21)34-28(35-27)24-6-4-5-7-26(24)37-29(30,31)32;3*3-2(4,5)1(6)7/h4-7,15,17-18,20,22-23,33H,8-14,16H2,1-3H3,(H,34,35);3*(H,6,7)/t20?,23-;;;/m1.../s1. The monoisotopic (exact) mass is 856 g/mol. The number of aliphatic carboxylic acids is 3. The van der Waals surface area contributed by atoms with Gasteiger partial charge in [-0.25, -0.2) is 19.4 Å². The summed E-state index contributed by atoms with van der Waals surface area (Å²) in [7, 11) is 0. The molecule has 5 rings (SSSR count). The van der Waals surface area contributed by atoms with Gasteiger partial charge in [0.25, 0.3) is 0 Å². The fourth-order valence-corrected chi connectivity index (χ4v) is 6.32. The van der Waals surface area contributed by atoms with Gasteiger partial charge >= 0.3 is 42.8 Å². The lowest BCUT2D eigenvalue weighted by Crippen LogP contribution is -2.51. The Morgan fingerprint density at radius 1 is 0.828 bits per heavy atom. The van der Waals surface area contributed by atoms with Crippen LogP contribution in [0.15, 0.2) is 36.4 Å². The molecule has 0 radical (unpaired) electrons. The molecule has 2 aliphatic heterocycles. The zero-order chi connectivity index (χ0) is 44.4. The molecular formula is C35H40F12N4O7. The van der Waals surface area contributed by atoms with E-state index < -0.39 is 42.8 Å². The van der Waals surface area contributed by atoms with Crippen molar-refractivity contribution in [2.24, 2.45) is 5.92 Å². The minimum Gasteiger partial charge on any atom is -0.475 e. The number of hydrogen-bond acceptors (Lipinski definition) is 7. The van der Waals surface area contributed by atoms with Gasteiger partial charge in [-0.1, -0.05) is 32.0 Å².